The number of carbonyl (C=O) groups is 3. The molecule has 0 unspecified atom stereocenters. The van der Waals surface area contributed by atoms with Crippen LogP contribution >= 0.6 is 11.6 Å². The maximum atomic E-state index is 14.5. The van der Waals surface area contributed by atoms with E-state index in [2.05, 4.69) is 5.32 Å². The normalized spacial score (nSPS) is 24.0. The van der Waals surface area contributed by atoms with Gasteiger partial charge in [-0.1, -0.05) is 36.7 Å². The largest absolute Gasteiger partial charge is 0.496 e. The van der Waals surface area contributed by atoms with E-state index in [0.717, 1.165) is 10.9 Å². The van der Waals surface area contributed by atoms with Crippen LogP contribution in [0, 0.1) is 5.92 Å². The average Bonchev–Trinajstić information content (AvgIpc) is 3.24. The summed E-state index contributed by atoms with van der Waals surface area (Å²) in [5, 5.41) is 3.66. The Balaban J connectivity index is 1.54. The monoisotopic (exact) mass is 548 g/mol. The lowest BCUT2D eigenvalue weighted by atomic mass is 9.66. The molecule has 1 aliphatic carbocycles. The number of nitrogens with one attached hydrogen (secondary N) is 1. The van der Waals surface area contributed by atoms with Crippen molar-refractivity contribution in [2.24, 2.45) is 13.0 Å². The number of ether oxygens (including phenoxy) is 3. The zero-order valence-electron chi connectivity index (χ0n) is 21.7. The zero-order chi connectivity index (χ0) is 27.8. The van der Waals surface area contributed by atoms with Gasteiger partial charge in [-0.25, -0.2) is 0 Å². The first-order chi connectivity index (χ1) is 18.6. The standard InChI is InChI=1S/C29H25ClN2O7/c1-13-9-17-22(15(11-21(33)31-17)16-10-14-7-5-6-8-18(14)32(2)28(16)36)26(34)29(13)27(35)23-19(37-3)12-20(38-4)24(30)25(23)39-29/h5-8,10,12-13,15H,9,11H2,1-4H3,(H,31,33)/t13-,15-,29+/m1/s1. The van der Waals surface area contributed by atoms with E-state index in [4.69, 9.17) is 25.8 Å². The van der Waals surface area contributed by atoms with Gasteiger partial charge in [-0.15, -0.1) is 0 Å². The second-order valence-electron chi connectivity index (χ2n) is 10.1. The maximum Gasteiger partial charge on any atom is 0.254 e. The summed E-state index contributed by atoms with van der Waals surface area (Å²) in [5.74, 6) is -2.59. The molecule has 1 spiro atoms. The summed E-state index contributed by atoms with van der Waals surface area (Å²) in [6.07, 6.45) is 0.0513. The Bertz CT molecular complexity index is 1720. The number of aromatic nitrogens is 1. The van der Waals surface area contributed by atoms with Gasteiger partial charge in [-0.05, 0) is 23.9 Å². The molecule has 9 nitrogen and oxygen atoms in total. The van der Waals surface area contributed by atoms with Gasteiger partial charge >= 0.3 is 0 Å². The van der Waals surface area contributed by atoms with E-state index in [9.17, 15) is 19.2 Å². The number of halogens is 1. The molecule has 2 aromatic carbocycles. The van der Waals surface area contributed by atoms with Crippen LogP contribution in [0.2, 0.25) is 5.02 Å². The Morgan fingerprint density at radius 2 is 1.74 bits per heavy atom. The molecule has 0 saturated heterocycles. The number of fused-ring (bicyclic) bond motifs is 2. The first-order valence-electron chi connectivity index (χ1n) is 12.5. The lowest BCUT2D eigenvalue weighted by molar-refractivity contribution is -0.131. The number of carbonyl (C=O) groups excluding carboxylic acids is 3. The number of ketones is 2. The Hall–Kier alpha value is -4.11. The summed E-state index contributed by atoms with van der Waals surface area (Å²) in [4.78, 5) is 55.0. The molecule has 0 saturated carbocycles. The predicted molar refractivity (Wildman–Crippen MR) is 143 cm³/mol. The van der Waals surface area contributed by atoms with Gasteiger partial charge in [-0.3, -0.25) is 19.2 Å². The van der Waals surface area contributed by atoms with E-state index >= 15 is 0 Å². The molecule has 2 aliphatic heterocycles. The summed E-state index contributed by atoms with van der Waals surface area (Å²) in [7, 11) is 4.47. The minimum Gasteiger partial charge on any atom is -0.496 e. The van der Waals surface area contributed by atoms with Gasteiger partial charge in [0.25, 0.3) is 5.56 Å². The minimum absolute atomic E-state index is 0.0140. The number of nitrogens with zero attached hydrogens (tertiary/aromatic N) is 1. The number of benzene rings is 2. The molecule has 1 amide bonds. The van der Waals surface area contributed by atoms with Crippen LogP contribution in [-0.4, -0.2) is 41.9 Å². The van der Waals surface area contributed by atoms with E-state index in [-0.39, 0.29) is 57.7 Å². The van der Waals surface area contributed by atoms with Crippen LogP contribution in [0.15, 0.2) is 52.5 Å². The highest BCUT2D eigenvalue weighted by molar-refractivity contribution is 6.36. The van der Waals surface area contributed by atoms with Crippen LogP contribution in [-0.2, 0) is 16.6 Å². The minimum atomic E-state index is -1.94. The summed E-state index contributed by atoms with van der Waals surface area (Å²) in [5.41, 5.74) is -0.575. The van der Waals surface area contributed by atoms with Crippen molar-refractivity contribution in [3.8, 4) is 17.2 Å². The molecular weight excluding hydrogens is 524 g/mol. The SMILES string of the molecule is COc1cc(OC)c2c(c1Cl)O[C@@]1(C(=O)C3=C(C[C@H]1C)NC(=O)C[C@@H]3c1cc3ccccc3n(C)c1=O)C2=O. The maximum absolute atomic E-state index is 14.5. The van der Waals surface area contributed by atoms with E-state index in [0.29, 0.717) is 11.3 Å². The van der Waals surface area contributed by atoms with Gasteiger partial charge in [0.05, 0.1) is 19.7 Å². The molecule has 3 aromatic rings. The third-order valence-corrected chi connectivity index (χ3v) is 8.45. The number of methoxy groups -OCH3 is 2. The summed E-state index contributed by atoms with van der Waals surface area (Å²) >= 11 is 6.54. The fraction of sp³-hybridized carbons (Fsp3) is 0.310. The molecule has 3 heterocycles. The number of Topliss-reactive ketones (excluding diaryl/α,β-unsaturated/α-hetero) is 2. The van der Waals surface area contributed by atoms with Gasteiger partial charge in [-0.2, -0.15) is 0 Å². The molecule has 39 heavy (non-hydrogen) atoms. The number of amides is 1. The van der Waals surface area contributed by atoms with Crippen molar-refractivity contribution in [2.75, 3.05) is 14.2 Å². The molecule has 200 valence electrons. The fourth-order valence-corrected chi connectivity index (χ4v) is 6.42. The second-order valence-corrected chi connectivity index (χ2v) is 10.5. The highest BCUT2D eigenvalue weighted by Crippen LogP contribution is 2.55. The topological polar surface area (TPSA) is 113 Å². The number of allylic oxidation sites excluding steroid dienone is 1. The third kappa shape index (κ3) is 3.32. The third-order valence-electron chi connectivity index (χ3n) is 8.09. The molecule has 1 N–H and O–H groups in total. The summed E-state index contributed by atoms with van der Waals surface area (Å²) in [6, 6.07) is 10.6. The smallest absolute Gasteiger partial charge is 0.254 e. The number of hydrogen-bond donors (Lipinski definition) is 1. The van der Waals surface area contributed by atoms with Crippen LogP contribution in [0.5, 0.6) is 17.2 Å². The van der Waals surface area contributed by atoms with Crippen LogP contribution < -0.4 is 25.1 Å². The van der Waals surface area contributed by atoms with Crippen LogP contribution in [0.1, 0.15) is 41.6 Å². The van der Waals surface area contributed by atoms with Gasteiger partial charge in [0.1, 0.15) is 22.1 Å². The molecule has 3 aliphatic rings. The number of para-hydroxylation sites is 1. The van der Waals surface area contributed by atoms with Gasteiger partial charge in [0, 0.05) is 48.2 Å². The number of hydrogen-bond acceptors (Lipinski definition) is 7. The van der Waals surface area contributed by atoms with E-state index in [1.807, 2.05) is 24.3 Å². The van der Waals surface area contributed by atoms with Crippen molar-refractivity contribution in [1.82, 2.24) is 9.88 Å². The van der Waals surface area contributed by atoms with Gasteiger partial charge < -0.3 is 24.1 Å². The number of aryl methyl sites for hydroxylation is 1. The molecule has 0 bridgehead atoms. The lowest BCUT2D eigenvalue weighted by Gasteiger charge is -2.41. The lowest BCUT2D eigenvalue weighted by Crippen LogP contribution is -2.59. The first kappa shape index (κ1) is 25.2. The number of rotatable bonds is 3. The van der Waals surface area contributed by atoms with E-state index in [1.165, 1.54) is 24.9 Å². The van der Waals surface area contributed by atoms with E-state index in [1.54, 1.807) is 20.0 Å². The van der Waals surface area contributed by atoms with Crippen molar-refractivity contribution in [3.63, 3.8) is 0 Å². The molecule has 0 radical (unpaired) electrons. The highest BCUT2D eigenvalue weighted by atomic mass is 35.5. The molecule has 3 atom stereocenters. The second kappa shape index (κ2) is 8.71. The van der Waals surface area contributed by atoms with Crippen molar-refractivity contribution >= 4 is 40.0 Å². The Morgan fingerprint density at radius 1 is 1.03 bits per heavy atom. The summed E-state index contributed by atoms with van der Waals surface area (Å²) in [6.45, 7) is 1.72. The molecule has 6 rings (SSSR count). The predicted octanol–water partition coefficient (Wildman–Crippen LogP) is 3.69. The van der Waals surface area contributed by atoms with Gasteiger partial charge in [0.2, 0.25) is 23.1 Å². The first-order valence-corrected chi connectivity index (χ1v) is 12.9. The van der Waals surface area contributed by atoms with E-state index < -0.39 is 29.0 Å². The molecule has 0 fully saturated rings. The average molecular weight is 549 g/mol. The van der Waals surface area contributed by atoms with Crippen LogP contribution in [0.3, 0.4) is 0 Å². The molecule has 10 heteroatoms. The van der Waals surface area contributed by atoms with Crippen LogP contribution in [0.4, 0.5) is 0 Å². The fourth-order valence-electron chi connectivity index (χ4n) is 6.15. The van der Waals surface area contributed by atoms with Gasteiger partial charge in [0.15, 0.2) is 5.75 Å². The van der Waals surface area contributed by atoms with Crippen molar-refractivity contribution < 1.29 is 28.6 Å². The summed E-state index contributed by atoms with van der Waals surface area (Å²) < 4.78 is 18.5. The Labute approximate surface area is 228 Å². The van der Waals surface area contributed by atoms with Crippen molar-refractivity contribution in [1.29, 1.82) is 0 Å². The van der Waals surface area contributed by atoms with Crippen LogP contribution in [0.25, 0.3) is 10.9 Å². The Kier molecular flexibility index (Phi) is 5.62. The molecule has 1 aromatic heterocycles. The number of pyridine rings is 1. The zero-order valence-corrected chi connectivity index (χ0v) is 22.5. The highest BCUT2D eigenvalue weighted by Gasteiger charge is 2.63. The Morgan fingerprint density at radius 3 is 2.46 bits per heavy atom. The quantitative estimate of drug-likeness (QED) is 0.497. The molecular formula is C29H25ClN2O7. The van der Waals surface area contributed by atoms with Crippen molar-refractivity contribution in [2.45, 2.75) is 31.3 Å². The van der Waals surface area contributed by atoms with Crippen molar-refractivity contribution in [3.05, 3.63) is 74.2 Å².